The molecule has 6 nitrogen and oxygen atoms in total. The second kappa shape index (κ2) is 12.2. The second-order valence-corrected chi connectivity index (χ2v) is 9.71. The first-order chi connectivity index (χ1) is 17.4. The van der Waals surface area contributed by atoms with Crippen LogP contribution in [0.2, 0.25) is 5.02 Å². The number of piperidine rings is 1. The molecule has 0 radical (unpaired) electrons. The number of aliphatic hydroxyl groups excluding tert-OH is 1. The minimum absolute atomic E-state index is 0.0137. The standard InChI is InChI=1S/C29H31ClN2O4/c1-36-23-9-10-27-25(18-23)24(12-14-31-27)28(33)11-8-20-13-16-32(19-22(20)17-29(34)35)15-4-6-21-5-2-3-7-26(21)30/h2-3,5,7,9-10,12,14,18,20,22,28,33H,8,11,13,15-17,19H2,1H3,(H,34,35)/t20-,22+,28-/m1/s1. The molecule has 1 aromatic heterocycles. The van der Waals surface area contributed by atoms with Gasteiger partial charge in [-0.1, -0.05) is 35.6 Å². The van der Waals surface area contributed by atoms with Crippen LogP contribution in [0.4, 0.5) is 0 Å². The summed E-state index contributed by atoms with van der Waals surface area (Å²) >= 11 is 6.19. The summed E-state index contributed by atoms with van der Waals surface area (Å²) in [5.74, 6) is 6.48. The fourth-order valence-electron chi connectivity index (χ4n) is 5.04. The molecular formula is C29H31ClN2O4. The highest BCUT2D eigenvalue weighted by molar-refractivity contribution is 6.31. The van der Waals surface area contributed by atoms with Gasteiger partial charge in [0.25, 0.3) is 0 Å². The Morgan fingerprint density at radius 1 is 1.25 bits per heavy atom. The average Bonchev–Trinajstić information content (AvgIpc) is 2.88. The monoisotopic (exact) mass is 506 g/mol. The first kappa shape index (κ1) is 26.0. The van der Waals surface area contributed by atoms with Gasteiger partial charge < -0.3 is 14.9 Å². The number of carbonyl (C=O) groups is 1. The zero-order valence-corrected chi connectivity index (χ0v) is 21.1. The predicted molar refractivity (Wildman–Crippen MR) is 141 cm³/mol. The van der Waals surface area contributed by atoms with Gasteiger partial charge in [0, 0.05) is 30.1 Å². The number of rotatable bonds is 8. The van der Waals surface area contributed by atoms with Crippen LogP contribution < -0.4 is 4.74 Å². The topological polar surface area (TPSA) is 82.9 Å². The van der Waals surface area contributed by atoms with E-state index in [0.717, 1.165) is 47.2 Å². The Balaban J connectivity index is 1.39. The number of carboxylic acids is 1. The summed E-state index contributed by atoms with van der Waals surface area (Å²) in [5, 5.41) is 22.1. The third kappa shape index (κ3) is 6.55. The molecule has 2 heterocycles. The lowest BCUT2D eigenvalue weighted by Crippen LogP contribution is -2.41. The molecule has 0 unspecified atom stereocenters. The first-order valence-corrected chi connectivity index (χ1v) is 12.6. The molecular weight excluding hydrogens is 476 g/mol. The molecule has 1 aliphatic rings. The van der Waals surface area contributed by atoms with Crippen molar-refractivity contribution in [2.75, 3.05) is 26.7 Å². The van der Waals surface area contributed by atoms with Crippen molar-refractivity contribution >= 4 is 28.5 Å². The van der Waals surface area contributed by atoms with Gasteiger partial charge in [-0.2, -0.15) is 0 Å². The Morgan fingerprint density at radius 3 is 2.86 bits per heavy atom. The number of hydrogen-bond donors (Lipinski definition) is 2. The van der Waals surface area contributed by atoms with Gasteiger partial charge in [-0.3, -0.25) is 14.7 Å². The van der Waals surface area contributed by atoms with Gasteiger partial charge in [-0.25, -0.2) is 0 Å². The Bertz CT molecular complexity index is 1270. The Hall–Kier alpha value is -3.11. The summed E-state index contributed by atoms with van der Waals surface area (Å²) < 4.78 is 5.35. The maximum Gasteiger partial charge on any atom is 0.303 e. The van der Waals surface area contributed by atoms with Crippen LogP contribution in [0.15, 0.2) is 54.7 Å². The number of fused-ring (bicyclic) bond motifs is 1. The molecule has 0 aliphatic carbocycles. The fourth-order valence-corrected chi connectivity index (χ4v) is 5.22. The summed E-state index contributed by atoms with van der Waals surface area (Å²) in [5.41, 5.74) is 2.43. The molecule has 188 valence electrons. The van der Waals surface area contributed by atoms with Gasteiger partial charge in [0.2, 0.25) is 0 Å². The van der Waals surface area contributed by atoms with Gasteiger partial charge in [0.1, 0.15) is 5.75 Å². The van der Waals surface area contributed by atoms with E-state index in [1.165, 1.54) is 0 Å². The molecule has 0 amide bonds. The molecule has 1 aliphatic heterocycles. The lowest BCUT2D eigenvalue weighted by Gasteiger charge is -2.37. The van der Waals surface area contributed by atoms with Crippen molar-refractivity contribution in [2.45, 2.75) is 31.8 Å². The molecule has 7 heteroatoms. The SMILES string of the molecule is COc1ccc2nccc([C@H](O)CC[C@@H]3CCN(CC#Cc4ccccc4Cl)C[C@@H]3CC(=O)O)c2c1. The Kier molecular flexibility index (Phi) is 8.82. The summed E-state index contributed by atoms with van der Waals surface area (Å²) in [6.45, 7) is 2.10. The van der Waals surface area contributed by atoms with Crippen molar-refractivity contribution in [3.63, 3.8) is 0 Å². The van der Waals surface area contributed by atoms with E-state index in [1.54, 1.807) is 13.3 Å². The van der Waals surface area contributed by atoms with Crippen LogP contribution in [-0.2, 0) is 4.79 Å². The van der Waals surface area contributed by atoms with E-state index < -0.39 is 12.1 Å². The number of likely N-dealkylation sites (tertiary alicyclic amines) is 1. The lowest BCUT2D eigenvalue weighted by molar-refractivity contribution is -0.139. The van der Waals surface area contributed by atoms with Crippen molar-refractivity contribution in [1.82, 2.24) is 9.88 Å². The number of pyridine rings is 1. The molecule has 2 aromatic carbocycles. The number of carboxylic acid groups (broad SMARTS) is 1. The second-order valence-electron chi connectivity index (χ2n) is 9.30. The van der Waals surface area contributed by atoms with Gasteiger partial charge in [0.15, 0.2) is 0 Å². The summed E-state index contributed by atoms with van der Waals surface area (Å²) in [7, 11) is 1.62. The quantitative estimate of drug-likeness (QED) is 0.410. The van der Waals surface area contributed by atoms with Gasteiger partial charge in [-0.15, -0.1) is 0 Å². The van der Waals surface area contributed by atoms with Crippen LogP contribution in [-0.4, -0.2) is 52.8 Å². The summed E-state index contributed by atoms with van der Waals surface area (Å²) in [6, 6.07) is 15.0. The van der Waals surface area contributed by atoms with Crippen LogP contribution in [0, 0.1) is 23.7 Å². The van der Waals surface area contributed by atoms with Crippen molar-refractivity contribution < 1.29 is 19.7 Å². The van der Waals surface area contributed by atoms with Gasteiger partial charge >= 0.3 is 5.97 Å². The van der Waals surface area contributed by atoms with Crippen LogP contribution in [0.25, 0.3) is 10.9 Å². The predicted octanol–water partition coefficient (Wildman–Crippen LogP) is 5.17. The molecule has 4 rings (SSSR count). The number of methoxy groups -OCH3 is 1. The van der Waals surface area contributed by atoms with E-state index in [4.69, 9.17) is 16.3 Å². The highest BCUT2D eigenvalue weighted by Crippen LogP contribution is 2.34. The highest BCUT2D eigenvalue weighted by atomic mass is 35.5. The van der Waals surface area contributed by atoms with Crippen LogP contribution in [0.5, 0.6) is 5.75 Å². The number of aromatic nitrogens is 1. The van der Waals surface area contributed by atoms with Gasteiger partial charge in [-0.05, 0) is 79.6 Å². The molecule has 1 saturated heterocycles. The number of hydrogen-bond acceptors (Lipinski definition) is 5. The van der Waals surface area contributed by atoms with Crippen molar-refractivity contribution in [3.05, 3.63) is 70.9 Å². The summed E-state index contributed by atoms with van der Waals surface area (Å²) in [4.78, 5) is 18.2. The Morgan fingerprint density at radius 2 is 2.08 bits per heavy atom. The van der Waals surface area contributed by atoms with Crippen molar-refractivity contribution in [1.29, 1.82) is 0 Å². The molecule has 3 aromatic rings. The molecule has 1 fully saturated rings. The minimum Gasteiger partial charge on any atom is -0.497 e. The molecule has 0 spiro atoms. The number of aliphatic hydroxyl groups is 1. The molecule has 3 atom stereocenters. The third-order valence-electron chi connectivity index (χ3n) is 6.96. The number of benzene rings is 2. The van der Waals surface area contributed by atoms with Crippen LogP contribution >= 0.6 is 11.6 Å². The van der Waals surface area contributed by atoms with E-state index in [1.807, 2.05) is 48.5 Å². The maximum atomic E-state index is 11.6. The van der Waals surface area contributed by atoms with E-state index in [0.29, 0.717) is 24.5 Å². The molecule has 36 heavy (non-hydrogen) atoms. The van der Waals surface area contributed by atoms with E-state index in [-0.39, 0.29) is 18.3 Å². The van der Waals surface area contributed by atoms with Crippen LogP contribution in [0.1, 0.15) is 42.9 Å². The fraction of sp³-hybridized carbons (Fsp3) is 0.379. The average molecular weight is 507 g/mol. The maximum absolute atomic E-state index is 11.6. The van der Waals surface area contributed by atoms with Crippen molar-refractivity contribution in [3.8, 4) is 17.6 Å². The summed E-state index contributed by atoms with van der Waals surface area (Å²) in [6.07, 6.45) is 3.36. The van der Waals surface area contributed by atoms with E-state index >= 15 is 0 Å². The molecule has 0 saturated carbocycles. The van der Waals surface area contributed by atoms with Gasteiger partial charge in [0.05, 0.1) is 30.3 Å². The zero-order valence-electron chi connectivity index (χ0n) is 20.4. The highest BCUT2D eigenvalue weighted by Gasteiger charge is 2.31. The number of ether oxygens (including phenoxy) is 1. The largest absolute Gasteiger partial charge is 0.497 e. The number of nitrogens with zero attached hydrogens (tertiary/aromatic N) is 2. The smallest absolute Gasteiger partial charge is 0.303 e. The first-order valence-electron chi connectivity index (χ1n) is 12.2. The molecule has 2 N–H and O–H groups in total. The number of aliphatic carboxylic acids is 1. The Labute approximate surface area is 216 Å². The van der Waals surface area contributed by atoms with E-state index in [9.17, 15) is 15.0 Å². The zero-order chi connectivity index (χ0) is 25.5. The van der Waals surface area contributed by atoms with Crippen LogP contribution in [0.3, 0.4) is 0 Å². The van der Waals surface area contributed by atoms with Crippen molar-refractivity contribution in [2.24, 2.45) is 11.8 Å². The van der Waals surface area contributed by atoms with E-state index in [2.05, 4.69) is 21.7 Å². The normalized spacial score (nSPS) is 18.9. The third-order valence-corrected chi connectivity index (χ3v) is 7.29. The molecule has 0 bridgehead atoms. The number of halogens is 1. The minimum atomic E-state index is -0.790. The lowest BCUT2D eigenvalue weighted by atomic mass is 9.79.